The van der Waals surface area contributed by atoms with Gasteiger partial charge in [0.2, 0.25) is 5.91 Å². The zero-order valence-corrected chi connectivity index (χ0v) is 50.3. The van der Waals surface area contributed by atoms with E-state index in [1.165, 1.54) is 57.8 Å². The number of nitrogens with two attached hydrogens (primary N) is 1. The van der Waals surface area contributed by atoms with Crippen LogP contribution in [0.1, 0.15) is 138 Å². The molecule has 79 heavy (non-hydrogen) atoms. The predicted molar refractivity (Wildman–Crippen MR) is 303 cm³/mol. The zero-order valence-electron chi connectivity index (χ0n) is 50.3. The number of carbonyl (C=O) groups is 3. The van der Waals surface area contributed by atoms with Gasteiger partial charge in [-0.3, -0.25) is 14.4 Å². The SMILES string of the molecule is CCNC(=O)[C@@H](CC(=O)CCOCCOCCOCCOCCOCCOCCOCCOCCOCCOCCOCCOCCN)CC(=O)O[C@H]1CC[C@@]2(C)[C@@H](CC[C@@H]3[C@@H]2CC[C@]2(C)[C@@H]([C@H](C)CCCC(C)C)CC[C@@H]32)C1. The molecule has 4 rings (SSSR count). The summed E-state index contributed by atoms with van der Waals surface area (Å²) in [5, 5.41) is 2.83. The summed E-state index contributed by atoms with van der Waals surface area (Å²) >= 11 is 0. The standard InChI is InChI=1S/C61H112N2O16/c1-7-63-59(66)50(46-58(65)79-53-15-18-60(5)51(47-53)11-12-54-56-14-13-55(49(4)10-8-9-48(2)3)61(56,6)19-16-57(54)60)45-52(64)17-21-67-23-25-69-27-29-71-31-33-73-35-37-75-39-41-77-43-44-78-42-40-76-38-36-74-34-32-72-30-28-70-26-24-68-22-20-62/h48-51,53-57H,7-47,62H2,1-6H3,(H,63,66)/t49-,50+,51+,53+,54+,55-,56+,57+,60+,61-/m1/s1. The molecule has 1 amide bonds. The number of fused-ring (bicyclic) bond motifs is 5. The smallest absolute Gasteiger partial charge is 0.306 e. The van der Waals surface area contributed by atoms with Crippen LogP contribution in [0.25, 0.3) is 0 Å². The van der Waals surface area contributed by atoms with E-state index in [-0.39, 0.29) is 49.6 Å². The molecule has 18 heteroatoms. The number of hydrogen-bond donors (Lipinski definition) is 2. The van der Waals surface area contributed by atoms with E-state index in [2.05, 4.69) is 39.9 Å². The Labute approximate surface area is 476 Å². The van der Waals surface area contributed by atoms with Gasteiger partial charge in [0.15, 0.2) is 0 Å². The molecule has 3 N–H and O–H groups in total. The zero-order chi connectivity index (χ0) is 56.8. The molecule has 0 aromatic heterocycles. The van der Waals surface area contributed by atoms with Crippen molar-refractivity contribution in [2.24, 2.45) is 63.9 Å². The van der Waals surface area contributed by atoms with Crippen LogP contribution in [-0.2, 0) is 76.0 Å². The van der Waals surface area contributed by atoms with Crippen molar-refractivity contribution in [3.8, 4) is 0 Å². The third-order valence-electron chi connectivity index (χ3n) is 17.6. The Morgan fingerprint density at radius 2 is 0.962 bits per heavy atom. The van der Waals surface area contributed by atoms with Crippen molar-refractivity contribution < 1.29 is 76.0 Å². The molecule has 0 heterocycles. The normalized spacial score (nSPS) is 25.4. The lowest BCUT2D eigenvalue weighted by atomic mass is 9.44. The van der Waals surface area contributed by atoms with Gasteiger partial charge in [-0.05, 0) is 117 Å². The molecule has 18 nitrogen and oxygen atoms in total. The third kappa shape index (κ3) is 27.1. The largest absolute Gasteiger partial charge is 0.462 e. The first kappa shape index (κ1) is 69.6. The van der Waals surface area contributed by atoms with Crippen LogP contribution in [0.15, 0.2) is 0 Å². The molecule has 0 radical (unpaired) electrons. The highest BCUT2D eigenvalue weighted by Crippen LogP contribution is 2.68. The van der Waals surface area contributed by atoms with E-state index < -0.39 is 5.92 Å². The summed E-state index contributed by atoms with van der Waals surface area (Å²) in [5.74, 6) is 3.93. The van der Waals surface area contributed by atoms with Crippen LogP contribution < -0.4 is 11.1 Å². The molecule has 0 bridgehead atoms. The molecule has 0 aromatic carbocycles. The van der Waals surface area contributed by atoms with Crippen LogP contribution in [0.2, 0.25) is 0 Å². The van der Waals surface area contributed by atoms with E-state index in [0.29, 0.717) is 182 Å². The van der Waals surface area contributed by atoms with Crippen LogP contribution in [0, 0.1) is 58.2 Å². The quantitative estimate of drug-likeness (QED) is 0.0442. The number of Topliss-reactive ketones (excluding diaryl/α,β-unsaturated/α-hetero) is 1. The molecule has 4 fully saturated rings. The van der Waals surface area contributed by atoms with Gasteiger partial charge in [-0.25, -0.2) is 0 Å². The maximum atomic E-state index is 13.5. The van der Waals surface area contributed by atoms with Crippen molar-refractivity contribution in [3.63, 3.8) is 0 Å². The molecule has 0 unspecified atom stereocenters. The first-order valence-electron chi connectivity index (χ1n) is 31.0. The number of rotatable bonds is 50. The van der Waals surface area contributed by atoms with Crippen molar-refractivity contribution in [1.82, 2.24) is 5.32 Å². The molecular formula is C61H112N2O16. The molecule has 10 atom stereocenters. The first-order chi connectivity index (χ1) is 38.4. The Hall–Kier alpha value is -1.91. The average molecular weight is 1130 g/mol. The third-order valence-corrected chi connectivity index (χ3v) is 17.6. The molecule has 4 aliphatic carbocycles. The second-order valence-corrected chi connectivity index (χ2v) is 23.5. The number of hydrogen-bond acceptors (Lipinski definition) is 17. The average Bonchev–Trinajstić information content (AvgIpc) is 3.97. The summed E-state index contributed by atoms with van der Waals surface area (Å²) in [4.78, 5) is 39.6. The molecule has 462 valence electrons. The molecule has 0 aliphatic heterocycles. The molecule has 4 aliphatic rings. The van der Waals surface area contributed by atoms with E-state index in [1.54, 1.807) is 0 Å². The maximum Gasteiger partial charge on any atom is 0.306 e. The number of ether oxygens (including phenoxy) is 13. The fourth-order valence-corrected chi connectivity index (χ4v) is 13.5. The minimum absolute atomic E-state index is 0.0196. The fraction of sp³-hybridized carbons (Fsp3) is 0.951. The van der Waals surface area contributed by atoms with E-state index in [1.807, 2.05) is 6.92 Å². The van der Waals surface area contributed by atoms with Crippen molar-refractivity contribution in [3.05, 3.63) is 0 Å². The van der Waals surface area contributed by atoms with Gasteiger partial charge in [-0.15, -0.1) is 0 Å². The summed E-state index contributed by atoms with van der Waals surface area (Å²) in [6, 6.07) is 0. The van der Waals surface area contributed by atoms with Crippen LogP contribution in [0.4, 0.5) is 0 Å². The number of amides is 1. The summed E-state index contributed by atoms with van der Waals surface area (Å²) in [7, 11) is 0. The Morgan fingerprint density at radius 3 is 1.42 bits per heavy atom. The summed E-state index contributed by atoms with van der Waals surface area (Å²) in [5.41, 5.74) is 6.13. The molecule has 0 aromatic rings. The Bertz CT molecular complexity index is 1580. The lowest BCUT2D eigenvalue weighted by Crippen LogP contribution is -2.54. The molecule has 4 saturated carbocycles. The predicted octanol–water partition coefficient (Wildman–Crippen LogP) is 7.67. The van der Waals surface area contributed by atoms with Gasteiger partial charge in [0.1, 0.15) is 11.9 Å². The van der Waals surface area contributed by atoms with Gasteiger partial charge < -0.3 is 72.6 Å². The summed E-state index contributed by atoms with van der Waals surface area (Å²) in [6.07, 6.45) is 15.0. The topological polar surface area (TPSA) is 209 Å². The molecule has 0 saturated heterocycles. The molecular weight excluding hydrogens is 1020 g/mol. The van der Waals surface area contributed by atoms with Crippen LogP contribution in [0.3, 0.4) is 0 Å². The van der Waals surface area contributed by atoms with Crippen molar-refractivity contribution in [1.29, 1.82) is 0 Å². The summed E-state index contributed by atoms with van der Waals surface area (Å²) < 4.78 is 72.2. The number of esters is 1. The summed E-state index contributed by atoms with van der Waals surface area (Å²) in [6.45, 7) is 26.4. The maximum absolute atomic E-state index is 13.5. The fourth-order valence-electron chi connectivity index (χ4n) is 13.5. The lowest BCUT2D eigenvalue weighted by molar-refractivity contribution is -0.164. The van der Waals surface area contributed by atoms with E-state index in [9.17, 15) is 14.4 Å². The van der Waals surface area contributed by atoms with Gasteiger partial charge in [-0.2, -0.15) is 0 Å². The lowest BCUT2D eigenvalue weighted by Gasteiger charge is -2.61. The van der Waals surface area contributed by atoms with Crippen LogP contribution in [0.5, 0.6) is 0 Å². The molecule has 0 spiro atoms. The van der Waals surface area contributed by atoms with Crippen LogP contribution in [-0.4, -0.2) is 195 Å². The Balaban J connectivity index is 0.911. The second-order valence-electron chi connectivity index (χ2n) is 23.5. The van der Waals surface area contributed by atoms with E-state index >= 15 is 0 Å². The van der Waals surface area contributed by atoms with Gasteiger partial charge in [-0.1, -0.05) is 53.9 Å². The second kappa shape index (κ2) is 42.0. The van der Waals surface area contributed by atoms with E-state index in [4.69, 9.17) is 67.3 Å². The first-order valence-corrected chi connectivity index (χ1v) is 31.0. The van der Waals surface area contributed by atoms with Crippen molar-refractivity contribution in [2.75, 3.05) is 172 Å². The van der Waals surface area contributed by atoms with Gasteiger partial charge >= 0.3 is 5.97 Å². The highest BCUT2D eigenvalue weighted by molar-refractivity contribution is 5.89. The highest BCUT2D eigenvalue weighted by atomic mass is 16.6. The van der Waals surface area contributed by atoms with Crippen LogP contribution >= 0.6 is 0 Å². The minimum atomic E-state index is -0.761. The number of carbonyl (C=O) groups excluding carboxylic acids is 3. The van der Waals surface area contributed by atoms with Gasteiger partial charge in [0.05, 0.1) is 171 Å². The number of ketones is 1. The highest BCUT2D eigenvalue weighted by Gasteiger charge is 2.60. The van der Waals surface area contributed by atoms with Crippen molar-refractivity contribution in [2.45, 2.75) is 144 Å². The number of nitrogens with one attached hydrogen (secondary N) is 1. The Kier molecular flexibility index (Phi) is 37.0. The monoisotopic (exact) mass is 1130 g/mol. The van der Waals surface area contributed by atoms with E-state index in [0.717, 1.165) is 54.8 Å². The van der Waals surface area contributed by atoms with Gasteiger partial charge in [0, 0.05) is 25.9 Å². The van der Waals surface area contributed by atoms with Crippen molar-refractivity contribution >= 4 is 17.7 Å². The van der Waals surface area contributed by atoms with Gasteiger partial charge in [0.25, 0.3) is 0 Å². The Morgan fingerprint density at radius 1 is 0.519 bits per heavy atom. The minimum Gasteiger partial charge on any atom is -0.462 e.